The molecule has 3 aromatic carbocycles. The minimum Gasteiger partial charge on any atom is -0.408 e. The molecule has 0 heterocycles. The molecule has 0 radical (unpaired) electrons. The normalized spacial score (nSPS) is 10.5. The first-order chi connectivity index (χ1) is 9.43. The molecule has 0 saturated carbocycles. The van der Waals surface area contributed by atoms with Crippen molar-refractivity contribution in [2.45, 2.75) is 6.54 Å². The van der Waals surface area contributed by atoms with Crippen molar-refractivity contribution in [2.75, 3.05) is 0 Å². The lowest BCUT2D eigenvalue weighted by Gasteiger charge is -2.09. The second-order valence-electron chi connectivity index (χ2n) is 4.37. The van der Waals surface area contributed by atoms with Gasteiger partial charge in [0.2, 0.25) is 0 Å². The summed E-state index contributed by atoms with van der Waals surface area (Å²) in [7, 11) is 0. The predicted molar refractivity (Wildman–Crippen MR) is 77.9 cm³/mol. The Labute approximate surface area is 112 Å². The van der Waals surface area contributed by atoms with Crippen LogP contribution < -0.4 is 10.3 Å². The Balaban J connectivity index is 1.72. The molecule has 3 aromatic rings. The molecule has 1 N–H and O–H groups in total. The van der Waals surface area contributed by atoms with E-state index in [-0.39, 0.29) is 0 Å². The number of hydrogen-bond donors (Lipinski definition) is 1. The van der Waals surface area contributed by atoms with Crippen molar-refractivity contribution in [1.82, 2.24) is 5.48 Å². The van der Waals surface area contributed by atoms with E-state index in [0.29, 0.717) is 6.54 Å². The van der Waals surface area contributed by atoms with Crippen LogP contribution >= 0.6 is 0 Å². The number of fused-ring (bicyclic) bond motifs is 1. The number of para-hydroxylation sites is 1. The Morgan fingerprint density at radius 2 is 1.47 bits per heavy atom. The molecule has 3 rings (SSSR count). The van der Waals surface area contributed by atoms with Gasteiger partial charge in [0.25, 0.3) is 0 Å². The maximum atomic E-state index is 5.51. The smallest absolute Gasteiger partial charge is 0.147 e. The monoisotopic (exact) mass is 249 g/mol. The number of hydrogen-bond acceptors (Lipinski definition) is 2. The van der Waals surface area contributed by atoms with Crippen LogP contribution in [-0.2, 0) is 6.54 Å². The van der Waals surface area contributed by atoms with Gasteiger partial charge in [-0.25, -0.2) is 0 Å². The summed E-state index contributed by atoms with van der Waals surface area (Å²) in [6, 6.07) is 24.4. The average Bonchev–Trinajstić information content (AvgIpc) is 2.49. The molecule has 0 amide bonds. The van der Waals surface area contributed by atoms with Crippen molar-refractivity contribution < 1.29 is 4.84 Å². The molecule has 0 aliphatic heterocycles. The molecule has 0 bridgehead atoms. The van der Waals surface area contributed by atoms with E-state index < -0.39 is 0 Å². The lowest BCUT2D eigenvalue weighted by atomic mass is 10.1. The summed E-state index contributed by atoms with van der Waals surface area (Å²) in [5.41, 5.74) is 4.24. The Morgan fingerprint density at radius 3 is 2.37 bits per heavy atom. The molecule has 19 heavy (non-hydrogen) atoms. The van der Waals surface area contributed by atoms with Gasteiger partial charge in [0.1, 0.15) is 5.75 Å². The molecule has 0 fully saturated rings. The van der Waals surface area contributed by atoms with Crippen molar-refractivity contribution in [3.8, 4) is 5.75 Å². The van der Waals surface area contributed by atoms with Crippen LogP contribution in [-0.4, -0.2) is 0 Å². The summed E-state index contributed by atoms with van der Waals surface area (Å²) in [6.45, 7) is 0.677. The molecular formula is C17H15NO. The molecule has 0 saturated heterocycles. The highest BCUT2D eigenvalue weighted by molar-refractivity contribution is 5.85. The standard InChI is InChI=1S/C17H15NO/c1-2-10-16(11-3-1)19-18-13-15-9-6-8-14-7-4-5-12-17(14)15/h1-12,18H,13H2. The van der Waals surface area contributed by atoms with Crippen molar-refractivity contribution in [3.05, 3.63) is 78.4 Å². The summed E-state index contributed by atoms with van der Waals surface area (Å²) in [5, 5.41) is 2.51. The molecule has 0 aliphatic rings. The highest BCUT2D eigenvalue weighted by Crippen LogP contribution is 2.18. The van der Waals surface area contributed by atoms with E-state index in [1.54, 1.807) is 0 Å². The number of hydroxylamine groups is 1. The van der Waals surface area contributed by atoms with Gasteiger partial charge >= 0.3 is 0 Å². The fourth-order valence-electron chi connectivity index (χ4n) is 2.13. The van der Waals surface area contributed by atoms with E-state index in [0.717, 1.165) is 5.75 Å². The Morgan fingerprint density at radius 1 is 0.737 bits per heavy atom. The molecule has 0 unspecified atom stereocenters. The second-order valence-corrected chi connectivity index (χ2v) is 4.37. The molecule has 94 valence electrons. The first kappa shape index (κ1) is 11.8. The van der Waals surface area contributed by atoms with Crippen LogP contribution in [0.25, 0.3) is 10.8 Å². The summed E-state index contributed by atoms with van der Waals surface area (Å²) in [5.74, 6) is 0.822. The van der Waals surface area contributed by atoms with Crippen molar-refractivity contribution >= 4 is 10.8 Å². The Kier molecular flexibility index (Phi) is 3.43. The van der Waals surface area contributed by atoms with E-state index in [2.05, 4.69) is 47.9 Å². The molecule has 0 aromatic heterocycles. The van der Waals surface area contributed by atoms with Crippen LogP contribution in [0.5, 0.6) is 5.75 Å². The number of nitrogens with one attached hydrogen (secondary N) is 1. The molecular weight excluding hydrogens is 234 g/mol. The van der Waals surface area contributed by atoms with E-state index in [1.807, 2.05) is 30.3 Å². The largest absolute Gasteiger partial charge is 0.408 e. The lowest BCUT2D eigenvalue weighted by molar-refractivity contribution is 0.191. The van der Waals surface area contributed by atoms with Gasteiger partial charge in [0.15, 0.2) is 0 Å². The van der Waals surface area contributed by atoms with Crippen LogP contribution in [0.15, 0.2) is 72.8 Å². The average molecular weight is 249 g/mol. The third kappa shape index (κ3) is 2.75. The van der Waals surface area contributed by atoms with Gasteiger partial charge in [0, 0.05) is 0 Å². The maximum absolute atomic E-state index is 5.51. The molecule has 2 nitrogen and oxygen atoms in total. The lowest BCUT2D eigenvalue weighted by Crippen LogP contribution is -2.17. The van der Waals surface area contributed by atoms with Gasteiger partial charge in [0.05, 0.1) is 6.54 Å². The zero-order valence-electron chi connectivity index (χ0n) is 10.5. The topological polar surface area (TPSA) is 21.3 Å². The molecule has 0 spiro atoms. The van der Waals surface area contributed by atoms with Gasteiger partial charge < -0.3 is 4.84 Å². The first-order valence-electron chi connectivity index (χ1n) is 6.35. The highest BCUT2D eigenvalue weighted by Gasteiger charge is 2.00. The van der Waals surface area contributed by atoms with Crippen LogP contribution in [0.1, 0.15) is 5.56 Å². The minimum atomic E-state index is 0.677. The summed E-state index contributed by atoms with van der Waals surface area (Å²) >= 11 is 0. The van der Waals surface area contributed by atoms with Gasteiger partial charge in [-0.1, -0.05) is 60.7 Å². The van der Waals surface area contributed by atoms with E-state index in [4.69, 9.17) is 4.84 Å². The zero-order chi connectivity index (χ0) is 12.9. The van der Waals surface area contributed by atoms with E-state index in [1.165, 1.54) is 16.3 Å². The number of benzene rings is 3. The van der Waals surface area contributed by atoms with Crippen LogP contribution in [0.2, 0.25) is 0 Å². The summed E-state index contributed by atoms with van der Waals surface area (Å²) < 4.78 is 0. The first-order valence-corrected chi connectivity index (χ1v) is 6.35. The fraction of sp³-hybridized carbons (Fsp3) is 0.0588. The van der Waals surface area contributed by atoms with Gasteiger partial charge in [-0.2, -0.15) is 5.48 Å². The quantitative estimate of drug-likeness (QED) is 0.707. The number of rotatable bonds is 4. The zero-order valence-corrected chi connectivity index (χ0v) is 10.5. The van der Waals surface area contributed by atoms with Crippen LogP contribution in [0, 0.1) is 0 Å². The Hall–Kier alpha value is -2.32. The van der Waals surface area contributed by atoms with Crippen molar-refractivity contribution in [3.63, 3.8) is 0 Å². The third-order valence-electron chi connectivity index (χ3n) is 3.08. The van der Waals surface area contributed by atoms with Crippen molar-refractivity contribution in [1.29, 1.82) is 0 Å². The minimum absolute atomic E-state index is 0.677. The molecule has 0 aliphatic carbocycles. The summed E-state index contributed by atoms with van der Waals surface area (Å²) in [4.78, 5) is 5.51. The second kappa shape index (κ2) is 5.55. The van der Waals surface area contributed by atoms with E-state index >= 15 is 0 Å². The van der Waals surface area contributed by atoms with E-state index in [9.17, 15) is 0 Å². The molecule has 2 heteroatoms. The SMILES string of the molecule is c1ccc(ONCc2cccc3ccccc23)cc1. The van der Waals surface area contributed by atoms with Gasteiger partial charge in [-0.05, 0) is 28.5 Å². The maximum Gasteiger partial charge on any atom is 0.147 e. The van der Waals surface area contributed by atoms with Crippen LogP contribution in [0.3, 0.4) is 0 Å². The molecule has 0 atom stereocenters. The third-order valence-corrected chi connectivity index (χ3v) is 3.08. The fourth-order valence-corrected chi connectivity index (χ4v) is 2.13. The van der Waals surface area contributed by atoms with Gasteiger partial charge in [-0.3, -0.25) is 0 Å². The van der Waals surface area contributed by atoms with Gasteiger partial charge in [-0.15, -0.1) is 0 Å². The predicted octanol–water partition coefficient (Wildman–Crippen LogP) is 3.92. The summed E-state index contributed by atoms with van der Waals surface area (Å²) in [6.07, 6.45) is 0. The highest BCUT2D eigenvalue weighted by atomic mass is 16.6. The van der Waals surface area contributed by atoms with Crippen molar-refractivity contribution in [2.24, 2.45) is 0 Å². The van der Waals surface area contributed by atoms with Crippen LogP contribution in [0.4, 0.5) is 0 Å². The Bertz CT molecular complexity index is 659.